The lowest BCUT2D eigenvalue weighted by atomic mass is 10.1. The van der Waals surface area contributed by atoms with Gasteiger partial charge >= 0.3 is 0 Å². The first-order valence-electron chi connectivity index (χ1n) is 9.66. The number of rotatable bonds is 7. The summed E-state index contributed by atoms with van der Waals surface area (Å²) in [6.45, 7) is 4.51. The van der Waals surface area contributed by atoms with Crippen molar-refractivity contribution in [3.63, 3.8) is 0 Å². The third-order valence-corrected chi connectivity index (χ3v) is 6.94. The third kappa shape index (κ3) is 4.89. The monoisotopic (exact) mass is 408 g/mol. The molecule has 0 aliphatic carbocycles. The minimum atomic E-state index is -3.48. The molecule has 0 saturated carbocycles. The number of hydrogen-bond acceptors (Lipinski definition) is 5. The van der Waals surface area contributed by atoms with Crippen molar-refractivity contribution in [3.05, 3.63) is 29.8 Å². The molecule has 0 bridgehead atoms. The fourth-order valence-electron chi connectivity index (χ4n) is 3.90. The standard InChI is InChI=1S/C19H28N4O4S/c1-20-28(26,27)18-6-4-16(5-7-18)12-19(25)23-11-10-22(15-24)14-17(23)13-21-8-2-3-9-21/h4-7,15,17,20H,2-3,8-14H2,1H3. The van der Waals surface area contributed by atoms with Gasteiger partial charge in [-0.25, -0.2) is 13.1 Å². The van der Waals surface area contributed by atoms with Crippen molar-refractivity contribution < 1.29 is 18.0 Å². The van der Waals surface area contributed by atoms with Gasteiger partial charge in [0.05, 0.1) is 17.4 Å². The fraction of sp³-hybridized carbons (Fsp3) is 0.579. The molecule has 9 heteroatoms. The van der Waals surface area contributed by atoms with E-state index < -0.39 is 10.0 Å². The van der Waals surface area contributed by atoms with E-state index in [1.165, 1.54) is 32.0 Å². The lowest BCUT2D eigenvalue weighted by Gasteiger charge is -2.41. The van der Waals surface area contributed by atoms with Crippen LogP contribution in [0.5, 0.6) is 0 Å². The first-order chi connectivity index (χ1) is 13.4. The summed E-state index contributed by atoms with van der Waals surface area (Å²) in [7, 11) is -2.12. The second kappa shape index (κ2) is 9.02. The Hall–Kier alpha value is -1.97. The van der Waals surface area contributed by atoms with Crippen molar-refractivity contribution in [2.75, 3.05) is 46.3 Å². The van der Waals surface area contributed by atoms with Crippen molar-refractivity contribution in [2.45, 2.75) is 30.2 Å². The lowest BCUT2D eigenvalue weighted by molar-refractivity contribution is -0.138. The fourth-order valence-corrected chi connectivity index (χ4v) is 4.63. The molecule has 0 spiro atoms. The molecule has 0 aromatic heterocycles. The van der Waals surface area contributed by atoms with Crippen LogP contribution in [0.3, 0.4) is 0 Å². The maximum atomic E-state index is 13.0. The van der Waals surface area contributed by atoms with Gasteiger partial charge in [0, 0.05) is 26.2 Å². The molecule has 154 valence electrons. The maximum Gasteiger partial charge on any atom is 0.240 e. The molecule has 2 heterocycles. The van der Waals surface area contributed by atoms with Gasteiger partial charge in [-0.1, -0.05) is 12.1 Å². The van der Waals surface area contributed by atoms with Gasteiger partial charge in [-0.05, 0) is 50.7 Å². The molecule has 2 saturated heterocycles. The molecular weight excluding hydrogens is 380 g/mol. The Morgan fingerprint density at radius 3 is 2.43 bits per heavy atom. The van der Waals surface area contributed by atoms with E-state index >= 15 is 0 Å². The molecule has 2 aliphatic heterocycles. The second-order valence-electron chi connectivity index (χ2n) is 7.38. The molecule has 1 aromatic rings. The van der Waals surface area contributed by atoms with Crippen molar-refractivity contribution in [1.82, 2.24) is 19.4 Å². The van der Waals surface area contributed by atoms with Crippen LogP contribution in [0, 0.1) is 0 Å². The van der Waals surface area contributed by atoms with Crippen LogP contribution in [0.1, 0.15) is 18.4 Å². The highest BCUT2D eigenvalue weighted by atomic mass is 32.2. The molecule has 2 amide bonds. The zero-order chi connectivity index (χ0) is 20.1. The summed E-state index contributed by atoms with van der Waals surface area (Å²) in [6, 6.07) is 6.38. The van der Waals surface area contributed by atoms with Crippen LogP contribution in [0.25, 0.3) is 0 Å². The van der Waals surface area contributed by atoms with Crippen molar-refractivity contribution >= 4 is 22.3 Å². The van der Waals surface area contributed by atoms with Crippen LogP contribution in [0.2, 0.25) is 0 Å². The number of piperazine rings is 1. The van der Waals surface area contributed by atoms with Crippen LogP contribution in [0.15, 0.2) is 29.2 Å². The summed E-state index contributed by atoms with van der Waals surface area (Å²) in [5.41, 5.74) is 0.776. The Bertz CT molecular complexity index is 791. The van der Waals surface area contributed by atoms with Gasteiger partial charge < -0.3 is 14.7 Å². The van der Waals surface area contributed by atoms with Crippen LogP contribution in [-0.2, 0) is 26.0 Å². The molecule has 0 radical (unpaired) electrons. The van der Waals surface area contributed by atoms with Gasteiger partial charge in [0.25, 0.3) is 0 Å². The highest BCUT2D eigenvalue weighted by Gasteiger charge is 2.31. The van der Waals surface area contributed by atoms with Gasteiger partial charge in [0.2, 0.25) is 22.3 Å². The first-order valence-corrected chi connectivity index (χ1v) is 11.1. The van der Waals surface area contributed by atoms with Gasteiger partial charge in [-0.2, -0.15) is 0 Å². The van der Waals surface area contributed by atoms with Crippen LogP contribution >= 0.6 is 0 Å². The number of sulfonamides is 1. The van der Waals surface area contributed by atoms with E-state index in [1.807, 2.05) is 4.90 Å². The molecule has 1 aromatic carbocycles. The Kier molecular flexibility index (Phi) is 6.69. The number of carbonyl (C=O) groups excluding carboxylic acids is 2. The molecule has 28 heavy (non-hydrogen) atoms. The first kappa shape index (κ1) is 20.8. The van der Waals surface area contributed by atoms with E-state index in [4.69, 9.17) is 0 Å². The molecule has 1 atom stereocenters. The Morgan fingerprint density at radius 1 is 1.14 bits per heavy atom. The number of likely N-dealkylation sites (tertiary alicyclic amines) is 1. The van der Waals surface area contributed by atoms with E-state index in [0.717, 1.165) is 31.6 Å². The molecule has 1 N–H and O–H groups in total. The Balaban J connectivity index is 1.67. The molecule has 3 rings (SSSR count). The summed E-state index contributed by atoms with van der Waals surface area (Å²) >= 11 is 0. The average Bonchev–Trinajstić information content (AvgIpc) is 3.21. The molecular formula is C19H28N4O4S. The SMILES string of the molecule is CNS(=O)(=O)c1ccc(CC(=O)N2CCN(C=O)CC2CN2CCCC2)cc1. The Labute approximate surface area is 166 Å². The number of nitrogens with one attached hydrogen (secondary N) is 1. The topological polar surface area (TPSA) is 90.0 Å². The number of benzene rings is 1. The van der Waals surface area contributed by atoms with Crippen molar-refractivity contribution in [2.24, 2.45) is 0 Å². The van der Waals surface area contributed by atoms with Gasteiger partial charge in [-0.3, -0.25) is 9.59 Å². The number of amides is 2. The Morgan fingerprint density at radius 2 is 1.82 bits per heavy atom. The van der Waals surface area contributed by atoms with Gasteiger partial charge in [0.1, 0.15) is 0 Å². The minimum Gasteiger partial charge on any atom is -0.341 e. The number of carbonyl (C=O) groups is 2. The number of hydrogen-bond donors (Lipinski definition) is 1. The van der Waals surface area contributed by atoms with E-state index in [-0.39, 0.29) is 23.3 Å². The van der Waals surface area contributed by atoms with E-state index in [1.54, 1.807) is 17.0 Å². The molecule has 2 fully saturated rings. The van der Waals surface area contributed by atoms with E-state index in [9.17, 15) is 18.0 Å². The largest absolute Gasteiger partial charge is 0.341 e. The summed E-state index contributed by atoms with van der Waals surface area (Å²) in [4.78, 5) is 30.3. The highest BCUT2D eigenvalue weighted by Crippen LogP contribution is 2.17. The minimum absolute atomic E-state index is 0.00603. The zero-order valence-electron chi connectivity index (χ0n) is 16.2. The maximum absolute atomic E-state index is 13.0. The summed E-state index contributed by atoms with van der Waals surface area (Å²) in [5.74, 6) is 0.0129. The van der Waals surface area contributed by atoms with Gasteiger partial charge in [-0.15, -0.1) is 0 Å². The second-order valence-corrected chi connectivity index (χ2v) is 9.26. The van der Waals surface area contributed by atoms with Crippen LogP contribution < -0.4 is 4.72 Å². The van der Waals surface area contributed by atoms with Crippen LogP contribution in [0.4, 0.5) is 0 Å². The zero-order valence-corrected chi connectivity index (χ0v) is 17.0. The molecule has 8 nitrogen and oxygen atoms in total. The van der Waals surface area contributed by atoms with E-state index in [0.29, 0.717) is 19.6 Å². The highest BCUT2D eigenvalue weighted by molar-refractivity contribution is 7.89. The third-order valence-electron chi connectivity index (χ3n) is 5.51. The normalized spacial score (nSPS) is 21.1. The van der Waals surface area contributed by atoms with E-state index in [2.05, 4.69) is 9.62 Å². The predicted octanol–water partition coefficient (Wildman–Crippen LogP) is -0.0978. The lowest BCUT2D eigenvalue weighted by Crippen LogP contribution is -2.58. The van der Waals surface area contributed by atoms with Crippen LogP contribution in [-0.4, -0.2) is 87.8 Å². The predicted molar refractivity (Wildman–Crippen MR) is 105 cm³/mol. The number of nitrogens with zero attached hydrogens (tertiary/aromatic N) is 3. The molecule has 2 aliphatic rings. The average molecular weight is 409 g/mol. The van der Waals surface area contributed by atoms with Crippen molar-refractivity contribution in [3.8, 4) is 0 Å². The smallest absolute Gasteiger partial charge is 0.240 e. The summed E-state index contributed by atoms with van der Waals surface area (Å²) in [6.07, 6.45) is 3.44. The van der Waals surface area contributed by atoms with Gasteiger partial charge in [0.15, 0.2) is 0 Å². The summed E-state index contributed by atoms with van der Waals surface area (Å²) < 4.78 is 25.9. The quantitative estimate of drug-likeness (QED) is 0.637. The van der Waals surface area contributed by atoms with Crippen molar-refractivity contribution in [1.29, 1.82) is 0 Å². The molecule has 1 unspecified atom stereocenters. The summed E-state index contributed by atoms with van der Waals surface area (Å²) in [5, 5.41) is 0.